The first-order valence-corrected chi connectivity index (χ1v) is 9.91. The third kappa shape index (κ3) is 4.40. The van der Waals surface area contributed by atoms with Crippen LogP contribution in [0.4, 0.5) is 11.6 Å². The van der Waals surface area contributed by atoms with E-state index in [4.69, 9.17) is 4.42 Å². The van der Waals surface area contributed by atoms with Gasteiger partial charge in [0.1, 0.15) is 5.76 Å². The first-order valence-electron chi connectivity index (χ1n) is 9.91. The molecule has 2 saturated heterocycles. The zero-order valence-corrected chi connectivity index (χ0v) is 15.6. The van der Waals surface area contributed by atoms with E-state index in [1.165, 1.54) is 19.3 Å². The Labute approximate surface area is 159 Å². The molecule has 0 spiro atoms. The van der Waals surface area contributed by atoms with Crippen LogP contribution in [0.2, 0.25) is 0 Å². The third-order valence-corrected chi connectivity index (χ3v) is 5.51. The van der Waals surface area contributed by atoms with Gasteiger partial charge in [0, 0.05) is 32.1 Å². The molecule has 7 heteroatoms. The molecule has 0 radical (unpaired) electrons. The van der Waals surface area contributed by atoms with E-state index in [0.29, 0.717) is 6.54 Å². The second kappa shape index (κ2) is 8.41. The van der Waals surface area contributed by atoms with Crippen molar-refractivity contribution in [1.82, 2.24) is 15.3 Å². The summed E-state index contributed by atoms with van der Waals surface area (Å²) in [6.45, 7) is 4.27. The number of rotatable bonds is 5. The molecule has 144 valence electrons. The predicted molar refractivity (Wildman–Crippen MR) is 104 cm³/mol. The van der Waals surface area contributed by atoms with Crippen LogP contribution in [0.1, 0.15) is 37.9 Å². The van der Waals surface area contributed by atoms with Gasteiger partial charge in [-0.25, -0.2) is 9.97 Å². The van der Waals surface area contributed by atoms with E-state index in [1.54, 1.807) is 6.26 Å². The van der Waals surface area contributed by atoms with E-state index >= 15 is 0 Å². The SMILES string of the molecule is O=C(NCc1ccco1)C1CCN(c2cnc(N3CCCCC3)nc2)CC1. The van der Waals surface area contributed by atoms with Crippen LogP contribution in [0.3, 0.4) is 0 Å². The smallest absolute Gasteiger partial charge is 0.225 e. The number of amides is 1. The Kier molecular flexibility index (Phi) is 5.55. The summed E-state index contributed by atoms with van der Waals surface area (Å²) in [6, 6.07) is 3.70. The lowest BCUT2D eigenvalue weighted by molar-refractivity contribution is -0.125. The molecule has 2 aliphatic heterocycles. The Balaban J connectivity index is 1.26. The molecular weight excluding hydrogens is 342 g/mol. The normalized spacial score (nSPS) is 18.5. The molecule has 1 N–H and O–H groups in total. The number of furan rings is 1. The average Bonchev–Trinajstić information content (AvgIpc) is 3.27. The Morgan fingerprint density at radius 1 is 1.07 bits per heavy atom. The standard InChI is InChI=1S/C20H27N5O2/c26-19(21-15-18-5-4-12-27-18)16-6-10-24(11-7-16)17-13-22-20(23-14-17)25-8-2-1-3-9-25/h4-5,12-14,16H,1-3,6-11,15H2,(H,21,26). The van der Waals surface area contributed by atoms with Crippen LogP contribution in [0.25, 0.3) is 0 Å². The summed E-state index contributed by atoms with van der Waals surface area (Å²) < 4.78 is 5.26. The molecule has 0 aromatic carbocycles. The van der Waals surface area contributed by atoms with Crippen molar-refractivity contribution >= 4 is 17.5 Å². The van der Waals surface area contributed by atoms with Gasteiger partial charge in [0.2, 0.25) is 11.9 Å². The topological polar surface area (TPSA) is 74.5 Å². The lowest BCUT2D eigenvalue weighted by atomic mass is 9.95. The quantitative estimate of drug-likeness (QED) is 0.873. The minimum Gasteiger partial charge on any atom is -0.467 e. The van der Waals surface area contributed by atoms with Gasteiger partial charge >= 0.3 is 0 Å². The minimum atomic E-state index is 0.0600. The van der Waals surface area contributed by atoms with Gasteiger partial charge in [0.05, 0.1) is 30.9 Å². The molecule has 2 aliphatic rings. The minimum absolute atomic E-state index is 0.0600. The number of hydrogen-bond donors (Lipinski definition) is 1. The zero-order chi connectivity index (χ0) is 18.5. The monoisotopic (exact) mass is 369 g/mol. The van der Waals surface area contributed by atoms with Crippen LogP contribution in [0.15, 0.2) is 35.2 Å². The molecule has 0 aliphatic carbocycles. The maximum absolute atomic E-state index is 12.4. The van der Waals surface area contributed by atoms with E-state index in [2.05, 4.69) is 25.1 Å². The van der Waals surface area contributed by atoms with Gasteiger partial charge in [0.15, 0.2) is 0 Å². The number of anilines is 2. The van der Waals surface area contributed by atoms with Crippen molar-refractivity contribution in [2.75, 3.05) is 36.0 Å². The first kappa shape index (κ1) is 17.8. The number of piperidine rings is 2. The number of nitrogens with zero attached hydrogens (tertiary/aromatic N) is 4. The molecule has 4 rings (SSSR count). The average molecular weight is 369 g/mol. The summed E-state index contributed by atoms with van der Waals surface area (Å²) in [5.74, 6) is 1.80. The molecule has 1 amide bonds. The summed E-state index contributed by atoms with van der Waals surface area (Å²) in [5, 5.41) is 2.97. The van der Waals surface area contributed by atoms with Gasteiger partial charge < -0.3 is 19.5 Å². The van der Waals surface area contributed by atoms with Crippen LogP contribution in [-0.4, -0.2) is 42.1 Å². The van der Waals surface area contributed by atoms with Crippen molar-refractivity contribution in [2.24, 2.45) is 5.92 Å². The fourth-order valence-electron chi connectivity index (χ4n) is 3.87. The fraction of sp³-hybridized carbons (Fsp3) is 0.550. The maximum Gasteiger partial charge on any atom is 0.225 e. The highest BCUT2D eigenvalue weighted by atomic mass is 16.3. The molecule has 0 unspecified atom stereocenters. The number of hydrogen-bond acceptors (Lipinski definition) is 6. The van der Waals surface area contributed by atoms with Crippen LogP contribution in [0, 0.1) is 5.92 Å². The molecule has 2 aromatic rings. The number of aromatic nitrogens is 2. The lowest BCUT2D eigenvalue weighted by Crippen LogP contribution is -2.40. The van der Waals surface area contributed by atoms with Crippen LogP contribution < -0.4 is 15.1 Å². The van der Waals surface area contributed by atoms with Gasteiger partial charge in [-0.05, 0) is 44.2 Å². The number of carbonyl (C=O) groups excluding carboxylic acids is 1. The van der Waals surface area contributed by atoms with Crippen molar-refractivity contribution < 1.29 is 9.21 Å². The predicted octanol–water partition coefficient (Wildman–Crippen LogP) is 2.59. The van der Waals surface area contributed by atoms with Gasteiger partial charge in [-0.3, -0.25) is 4.79 Å². The molecule has 2 aromatic heterocycles. The van der Waals surface area contributed by atoms with Gasteiger partial charge in [-0.15, -0.1) is 0 Å². The van der Waals surface area contributed by atoms with E-state index in [-0.39, 0.29) is 11.8 Å². The van der Waals surface area contributed by atoms with Crippen LogP contribution >= 0.6 is 0 Å². The maximum atomic E-state index is 12.4. The van der Waals surface area contributed by atoms with Gasteiger partial charge in [-0.2, -0.15) is 0 Å². The summed E-state index contributed by atoms with van der Waals surface area (Å²) in [4.78, 5) is 26.0. The molecule has 4 heterocycles. The van der Waals surface area contributed by atoms with E-state index in [9.17, 15) is 4.79 Å². The highest BCUT2D eigenvalue weighted by Gasteiger charge is 2.25. The van der Waals surface area contributed by atoms with Crippen molar-refractivity contribution in [3.63, 3.8) is 0 Å². The number of nitrogens with one attached hydrogen (secondary N) is 1. The summed E-state index contributed by atoms with van der Waals surface area (Å²) in [7, 11) is 0. The molecule has 0 atom stereocenters. The summed E-state index contributed by atoms with van der Waals surface area (Å²) >= 11 is 0. The van der Waals surface area contributed by atoms with E-state index in [0.717, 1.165) is 56.4 Å². The third-order valence-electron chi connectivity index (χ3n) is 5.51. The molecule has 7 nitrogen and oxygen atoms in total. The number of carbonyl (C=O) groups is 1. The molecule has 27 heavy (non-hydrogen) atoms. The Morgan fingerprint density at radius 2 is 1.81 bits per heavy atom. The fourth-order valence-corrected chi connectivity index (χ4v) is 3.87. The van der Waals surface area contributed by atoms with Crippen molar-refractivity contribution in [1.29, 1.82) is 0 Å². The molecular formula is C20H27N5O2. The summed E-state index contributed by atoms with van der Waals surface area (Å²) in [5.41, 5.74) is 1.05. The second-order valence-corrected chi connectivity index (χ2v) is 7.35. The second-order valence-electron chi connectivity index (χ2n) is 7.35. The van der Waals surface area contributed by atoms with Gasteiger partial charge in [-0.1, -0.05) is 0 Å². The molecule has 0 saturated carbocycles. The van der Waals surface area contributed by atoms with Gasteiger partial charge in [0.25, 0.3) is 0 Å². The van der Waals surface area contributed by atoms with E-state index in [1.807, 2.05) is 24.5 Å². The lowest BCUT2D eigenvalue weighted by Gasteiger charge is -2.33. The molecule has 0 bridgehead atoms. The Bertz CT molecular complexity index is 717. The zero-order valence-electron chi connectivity index (χ0n) is 15.6. The largest absolute Gasteiger partial charge is 0.467 e. The Hall–Kier alpha value is -2.57. The highest BCUT2D eigenvalue weighted by Crippen LogP contribution is 2.24. The summed E-state index contributed by atoms with van der Waals surface area (Å²) in [6.07, 6.45) is 10.9. The van der Waals surface area contributed by atoms with Crippen LogP contribution in [-0.2, 0) is 11.3 Å². The van der Waals surface area contributed by atoms with Crippen molar-refractivity contribution in [3.05, 3.63) is 36.5 Å². The first-order chi connectivity index (χ1) is 13.3. The van der Waals surface area contributed by atoms with E-state index < -0.39 is 0 Å². The van der Waals surface area contributed by atoms with Crippen molar-refractivity contribution in [2.45, 2.75) is 38.6 Å². The van der Waals surface area contributed by atoms with Crippen molar-refractivity contribution in [3.8, 4) is 0 Å². The Morgan fingerprint density at radius 3 is 2.48 bits per heavy atom. The van der Waals surface area contributed by atoms with Crippen LogP contribution in [0.5, 0.6) is 0 Å². The highest BCUT2D eigenvalue weighted by molar-refractivity contribution is 5.78. The molecule has 2 fully saturated rings.